The van der Waals surface area contributed by atoms with E-state index >= 15 is 0 Å². The molecule has 0 saturated heterocycles. The van der Waals surface area contributed by atoms with Crippen molar-refractivity contribution in [3.05, 3.63) is 50.8 Å². The topological polar surface area (TPSA) is 153 Å². The normalized spacial score (nSPS) is 11.5. The van der Waals surface area contributed by atoms with Gasteiger partial charge in [-0.2, -0.15) is 5.10 Å². The number of fused-ring (bicyclic) bond motifs is 1. The van der Waals surface area contributed by atoms with E-state index < -0.39 is 39.6 Å². The highest BCUT2D eigenvalue weighted by molar-refractivity contribution is 7.92. The number of benzene rings is 1. The fraction of sp³-hybridized carbons (Fsp3) is 0.350. The van der Waals surface area contributed by atoms with Crippen molar-refractivity contribution in [1.82, 2.24) is 19.4 Å². The van der Waals surface area contributed by atoms with Gasteiger partial charge in [-0.3, -0.25) is 19.1 Å². The van der Waals surface area contributed by atoms with Crippen LogP contribution in [0.3, 0.4) is 0 Å². The van der Waals surface area contributed by atoms with Gasteiger partial charge in [0.2, 0.25) is 0 Å². The van der Waals surface area contributed by atoms with Crippen LogP contribution < -0.4 is 15.7 Å². The zero-order chi connectivity index (χ0) is 24.5. The summed E-state index contributed by atoms with van der Waals surface area (Å²) in [6.07, 6.45) is 1.84. The van der Waals surface area contributed by atoms with Gasteiger partial charge in [0.05, 0.1) is 29.5 Å². The van der Waals surface area contributed by atoms with Gasteiger partial charge < -0.3 is 9.72 Å². The smallest absolute Gasteiger partial charge is 0.349 e. The molecule has 0 aliphatic heterocycles. The molecule has 0 fully saturated rings. The molecule has 2 heterocycles. The molecule has 0 spiro atoms. The minimum atomic E-state index is -4.46. The lowest BCUT2D eigenvalue weighted by Gasteiger charge is -2.21. The highest BCUT2D eigenvalue weighted by atomic mass is 32.2. The summed E-state index contributed by atoms with van der Waals surface area (Å²) in [6.45, 7) is 3.39. The highest BCUT2D eigenvalue weighted by Crippen LogP contribution is 2.26. The number of esters is 1. The third-order valence-corrected chi connectivity index (χ3v) is 5.88. The van der Waals surface area contributed by atoms with E-state index in [0.717, 1.165) is 5.56 Å². The number of nitrogens with zero attached hydrogens (tertiary/aromatic N) is 4. The van der Waals surface area contributed by atoms with Crippen molar-refractivity contribution >= 4 is 32.8 Å². The van der Waals surface area contributed by atoms with Crippen LogP contribution in [0.15, 0.2) is 34.0 Å². The Hall–Kier alpha value is -3.74. The molecule has 1 amide bonds. The zero-order valence-corrected chi connectivity index (χ0v) is 19.3. The molecule has 12 nitrogen and oxygen atoms in total. The third-order valence-electron chi connectivity index (χ3n) is 4.89. The van der Waals surface area contributed by atoms with Crippen LogP contribution in [0.1, 0.15) is 25.8 Å². The highest BCUT2D eigenvalue weighted by Gasteiger charge is 2.31. The van der Waals surface area contributed by atoms with Gasteiger partial charge in [0, 0.05) is 18.8 Å². The summed E-state index contributed by atoms with van der Waals surface area (Å²) in [4.78, 5) is 52.9. The van der Waals surface area contributed by atoms with E-state index in [1.807, 2.05) is 6.92 Å². The number of hydrogen-bond donors (Lipinski definition) is 1. The van der Waals surface area contributed by atoms with Crippen LogP contribution in [0.25, 0.3) is 22.2 Å². The standard InChI is InChI=1S/C20H23N5O7S/c1-5-12-9-15-14(10-13(12)16-7-8-21-23(16)3)19(28)24(20(29)22-15)25(33(4,30)31)17(26)11-18(27)32-6-2/h7-10H,5-6,11H2,1-4H3,(H,22,29). The SMILES string of the molecule is CCOC(=O)CC(=O)N(n1c(=O)[nH]c2cc(CC)c(-c3ccnn3C)cc2c1=O)S(C)(=O)=O. The average Bonchev–Trinajstić information content (AvgIpc) is 3.14. The van der Waals surface area contributed by atoms with E-state index in [-0.39, 0.29) is 26.6 Å². The molecular weight excluding hydrogens is 454 g/mol. The van der Waals surface area contributed by atoms with Crippen molar-refractivity contribution in [2.45, 2.75) is 26.7 Å². The predicted octanol–water partition coefficient (Wildman–Crippen LogP) is 0.0301. The summed E-state index contributed by atoms with van der Waals surface area (Å²) < 4.78 is 31.2. The maximum atomic E-state index is 13.3. The maximum absolute atomic E-state index is 13.3. The quantitative estimate of drug-likeness (QED) is 0.369. The second-order valence-corrected chi connectivity index (χ2v) is 8.99. The third kappa shape index (κ3) is 4.58. The van der Waals surface area contributed by atoms with Crippen LogP contribution in [-0.4, -0.2) is 52.6 Å². The average molecular weight is 477 g/mol. The van der Waals surface area contributed by atoms with Crippen LogP contribution in [0.2, 0.25) is 0 Å². The molecule has 0 aliphatic rings. The number of hydrogen-bond acceptors (Lipinski definition) is 8. The molecule has 3 aromatic rings. The molecule has 0 bridgehead atoms. The van der Waals surface area contributed by atoms with Gasteiger partial charge in [0.25, 0.3) is 21.5 Å². The zero-order valence-electron chi connectivity index (χ0n) is 18.5. The van der Waals surface area contributed by atoms with Crippen molar-refractivity contribution in [1.29, 1.82) is 0 Å². The minimum Gasteiger partial charge on any atom is -0.466 e. The van der Waals surface area contributed by atoms with Crippen molar-refractivity contribution < 1.29 is 22.7 Å². The first-order valence-electron chi connectivity index (χ1n) is 9.98. The van der Waals surface area contributed by atoms with Gasteiger partial charge >= 0.3 is 11.7 Å². The second kappa shape index (κ2) is 9.02. The molecule has 33 heavy (non-hydrogen) atoms. The van der Waals surface area contributed by atoms with E-state index in [0.29, 0.717) is 23.9 Å². The Morgan fingerprint density at radius 1 is 1.21 bits per heavy atom. The molecule has 0 aliphatic carbocycles. The monoisotopic (exact) mass is 477 g/mol. The van der Waals surface area contributed by atoms with E-state index in [9.17, 15) is 27.6 Å². The molecule has 3 rings (SSSR count). The number of rotatable bonds is 7. The molecule has 0 unspecified atom stereocenters. The molecule has 1 aromatic carbocycles. The molecule has 0 radical (unpaired) electrons. The number of sulfonamides is 1. The number of aromatic nitrogens is 4. The summed E-state index contributed by atoms with van der Waals surface area (Å²) in [6, 6.07) is 4.88. The molecule has 0 atom stereocenters. The Kier molecular flexibility index (Phi) is 6.53. The van der Waals surface area contributed by atoms with E-state index in [2.05, 4.69) is 14.8 Å². The van der Waals surface area contributed by atoms with Crippen molar-refractivity contribution in [2.75, 3.05) is 17.3 Å². The molecule has 1 N–H and O–H groups in total. The number of ether oxygens (including phenoxy) is 1. The number of carbonyl (C=O) groups is 2. The van der Waals surface area contributed by atoms with Gasteiger partial charge in [0.1, 0.15) is 6.42 Å². The van der Waals surface area contributed by atoms with E-state index in [4.69, 9.17) is 0 Å². The van der Waals surface area contributed by atoms with Crippen molar-refractivity contribution in [3.8, 4) is 11.3 Å². The Balaban J connectivity index is 2.29. The lowest BCUT2D eigenvalue weighted by atomic mass is 10.00. The number of amides is 1. The largest absolute Gasteiger partial charge is 0.466 e. The first-order chi connectivity index (χ1) is 15.5. The lowest BCUT2D eigenvalue weighted by molar-refractivity contribution is -0.145. The van der Waals surface area contributed by atoms with E-state index in [1.54, 1.807) is 30.1 Å². The van der Waals surface area contributed by atoms with Crippen LogP contribution in [0, 0.1) is 0 Å². The fourth-order valence-corrected chi connectivity index (χ4v) is 4.36. The predicted molar refractivity (Wildman–Crippen MR) is 120 cm³/mol. The fourth-order valence-electron chi connectivity index (χ4n) is 3.48. The number of carbonyl (C=O) groups excluding carboxylic acids is 2. The number of aromatic amines is 1. The summed E-state index contributed by atoms with van der Waals surface area (Å²) in [5, 5.41) is 4.10. The summed E-state index contributed by atoms with van der Waals surface area (Å²) in [5.41, 5.74) is 0.161. The molecule has 0 saturated carbocycles. The maximum Gasteiger partial charge on any atom is 0.349 e. The molecular formula is C20H23N5O7S. The number of H-pyrrole nitrogens is 1. The number of nitrogens with one attached hydrogen (secondary N) is 1. The van der Waals surface area contributed by atoms with Crippen LogP contribution in [0.4, 0.5) is 0 Å². The van der Waals surface area contributed by atoms with Crippen molar-refractivity contribution in [2.24, 2.45) is 7.05 Å². The van der Waals surface area contributed by atoms with Crippen LogP contribution >= 0.6 is 0 Å². The lowest BCUT2D eigenvalue weighted by Crippen LogP contribution is -2.56. The Morgan fingerprint density at radius 2 is 1.91 bits per heavy atom. The summed E-state index contributed by atoms with van der Waals surface area (Å²) >= 11 is 0. The van der Waals surface area contributed by atoms with Crippen LogP contribution in [0.5, 0.6) is 0 Å². The second-order valence-electron chi connectivity index (χ2n) is 7.18. The van der Waals surface area contributed by atoms with Crippen LogP contribution in [-0.2, 0) is 37.8 Å². The minimum absolute atomic E-state index is 0.0119. The number of aryl methyl sites for hydroxylation is 2. The van der Waals surface area contributed by atoms with E-state index in [1.165, 1.54) is 13.0 Å². The van der Waals surface area contributed by atoms with Gasteiger partial charge in [-0.15, -0.1) is 9.09 Å². The Bertz CT molecular complexity index is 1470. The molecule has 2 aromatic heterocycles. The Labute approximate surface area is 188 Å². The summed E-state index contributed by atoms with van der Waals surface area (Å²) in [5.74, 6) is -2.30. The first-order valence-corrected chi connectivity index (χ1v) is 11.8. The first kappa shape index (κ1) is 23.9. The van der Waals surface area contributed by atoms with Gasteiger partial charge in [0.15, 0.2) is 0 Å². The van der Waals surface area contributed by atoms with Gasteiger partial charge in [-0.25, -0.2) is 13.2 Å². The Morgan fingerprint density at radius 3 is 2.45 bits per heavy atom. The summed E-state index contributed by atoms with van der Waals surface area (Å²) in [7, 11) is -2.73. The molecule has 13 heteroatoms. The van der Waals surface area contributed by atoms with Gasteiger partial charge in [-0.1, -0.05) is 6.92 Å². The van der Waals surface area contributed by atoms with Crippen molar-refractivity contribution in [3.63, 3.8) is 0 Å². The molecule has 176 valence electrons. The van der Waals surface area contributed by atoms with Gasteiger partial charge in [-0.05, 0) is 37.1 Å².